The number of hydrogen-bond donors (Lipinski definition) is 3. The van der Waals surface area contributed by atoms with E-state index in [9.17, 15) is 9.59 Å². The van der Waals surface area contributed by atoms with Crippen LogP contribution in [0.25, 0.3) is 10.9 Å². The topological polar surface area (TPSA) is 82.2 Å². The number of hydrogen-bond acceptors (Lipinski definition) is 2. The molecule has 1 heterocycles. The quantitative estimate of drug-likeness (QED) is 0.786. The van der Waals surface area contributed by atoms with Crippen molar-refractivity contribution in [3.8, 4) is 0 Å². The average molecular weight is 260 g/mol. The van der Waals surface area contributed by atoms with Gasteiger partial charge in [0.25, 0.3) is 5.91 Å². The molecule has 0 aliphatic rings. The van der Waals surface area contributed by atoms with Gasteiger partial charge in [0.05, 0.1) is 5.41 Å². The van der Waals surface area contributed by atoms with Crippen molar-refractivity contribution in [3.05, 3.63) is 36.0 Å². The van der Waals surface area contributed by atoms with E-state index in [1.807, 2.05) is 12.1 Å². The van der Waals surface area contributed by atoms with Crippen LogP contribution in [-0.2, 0) is 4.79 Å². The zero-order valence-corrected chi connectivity index (χ0v) is 10.9. The van der Waals surface area contributed by atoms with Crippen LogP contribution in [0.15, 0.2) is 30.5 Å². The molecule has 2 rings (SSSR count). The van der Waals surface area contributed by atoms with Gasteiger partial charge >= 0.3 is 5.97 Å². The van der Waals surface area contributed by atoms with Crippen molar-refractivity contribution in [2.24, 2.45) is 5.41 Å². The highest BCUT2D eigenvalue weighted by Gasteiger charge is 2.27. The molecule has 0 fully saturated rings. The highest BCUT2D eigenvalue weighted by molar-refractivity contribution is 5.98. The molecule has 0 bridgehead atoms. The van der Waals surface area contributed by atoms with Crippen molar-refractivity contribution in [1.29, 1.82) is 0 Å². The fraction of sp³-hybridized carbons (Fsp3) is 0.286. The van der Waals surface area contributed by atoms with E-state index in [-0.39, 0.29) is 12.5 Å². The minimum absolute atomic E-state index is 0.0896. The molecule has 0 saturated carbocycles. The van der Waals surface area contributed by atoms with Crippen molar-refractivity contribution in [2.45, 2.75) is 13.8 Å². The van der Waals surface area contributed by atoms with Crippen LogP contribution in [0.1, 0.15) is 24.2 Å². The molecule has 0 atom stereocenters. The van der Waals surface area contributed by atoms with Gasteiger partial charge in [-0.25, -0.2) is 0 Å². The Kier molecular flexibility index (Phi) is 3.29. The van der Waals surface area contributed by atoms with Gasteiger partial charge in [-0.15, -0.1) is 0 Å². The molecule has 3 N–H and O–H groups in total. The summed E-state index contributed by atoms with van der Waals surface area (Å²) in [4.78, 5) is 26.0. The maximum absolute atomic E-state index is 12.0. The van der Waals surface area contributed by atoms with E-state index in [0.717, 1.165) is 10.9 Å². The smallest absolute Gasteiger partial charge is 0.310 e. The van der Waals surface area contributed by atoms with Crippen molar-refractivity contribution in [1.82, 2.24) is 10.3 Å². The number of aromatic amines is 1. The summed E-state index contributed by atoms with van der Waals surface area (Å²) in [6.07, 6.45) is 1.81. The van der Waals surface area contributed by atoms with Crippen LogP contribution in [0, 0.1) is 5.41 Å². The predicted octanol–water partition coefficient (Wildman–Crippen LogP) is 2.01. The highest BCUT2D eigenvalue weighted by Crippen LogP contribution is 2.16. The SMILES string of the molecule is CC(C)(CNC(=O)c1ccc2[nH]ccc2c1)C(=O)O. The number of carbonyl (C=O) groups excluding carboxylic acids is 1. The van der Waals surface area contributed by atoms with E-state index in [4.69, 9.17) is 5.11 Å². The van der Waals surface area contributed by atoms with Gasteiger partial charge in [0.1, 0.15) is 0 Å². The molecule has 0 spiro atoms. The molecule has 0 unspecified atom stereocenters. The first-order valence-electron chi connectivity index (χ1n) is 5.99. The molecule has 1 amide bonds. The van der Waals surface area contributed by atoms with Crippen LogP contribution in [0.5, 0.6) is 0 Å². The summed E-state index contributed by atoms with van der Waals surface area (Å²) in [5, 5.41) is 12.6. The first-order valence-corrected chi connectivity index (χ1v) is 5.99. The summed E-state index contributed by atoms with van der Waals surface area (Å²) in [5.74, 6) is -1.20. The second-order valence-electron chi connectivity index (χ2n) is 5.15. The molecule has 5 heteroatoms. The van der Waals surface area contributed by atoms with Gasteiger partial charge in [0.15, 0.2) is 0 Å². The van der Waals surface area contributed by atoms with Crippen molar-refractivity contribution >= 4 is 22.8 Å². The number of rotatable bonds is 4. The fourth-order valence-electron chi connectivity index (χ4n) is 1.67. The van der Waals surface area contributed by atoms with Gasteiger partial charge in [0, 0.05) is 29.2 Å². The average Bonchev–Trinajstić information content (AvgIpc) is 2.82. The minimum Gasteiger partial charge on any atom is -0.481 e. The van der Waals surface area contributed by atoms with Crippen molar-refractivity contribution in [2.75, 3.05) is 6.54 Å². The number of amides is 1. The lowest BCUT2D eigenvalue weighted by molar-refractivity contribution is -0.146. The third-order valence-corrected chi connectivity index (χ3v) is 3.09. The molecule has 5 nitrogen and oxygen atoms in total. The van der Waals surface area contributed by atoms with E-state index in [2.05, 4.69) is 10.3 Å². The Morgan fingerprint density at radius 1 is 1.32 bits per heavy atom. The molecule has 19 heavy (non-hydrogen) atoms. The number of aromatic nitrogens is 1. The Hall–Kier alpha value is -2.30. The molecular formula is C14H16N2O3. The molecule has 0 saturated heterocycles. The van der Waals surface area contributed by atoms with Crippen molar-refractivity contribution < 1.29 is 14.7 Å². The Bertz CT molecular complexity index is 628. The lowest BCUT2D eigenvalue weighted by Gasteiger charge is -2.19. The summed E-state index contributed by atoms with van der Waals surface area (Å²) in [7, 11) is 0. The van der Waals surface area contributed by atoms with Crippen molar-refractivity contribution in [3.63, 3.8) is 0 Å². The van der Waals surface area contributed by atoms with E-state index in [1.54, 1.807) is 32.2 Å². The van der Waals surface area contributed by atoms with Gasteiger partial charge in [-0.05, 0) is 38.1 Å². The Balaban J connectivity index is 2.09. The molecular weight excluding hydrogens is 244 g/mol. The first-order chi connectivity index (χ1) is 8.90. The molecule has 2 aromatic rings. The summed E-state index contributed by atoms with van der Waals surface area (Å²) < 4.78 is 0. The van der Waals surface area contributed by atoms with Crippen LogP contribution >= 0.6 is 0 Å². The van der Waals surface area contributed by atoms with Crippen LogP contribution in [0.4, 0.5) is 0 Å². The van der Waals surface area contributed by atoms with Crippen LogP contribution < -0.4 is 5.32 Å². The van der Waals surface area contributed by atoms with Crippen LogP contribution in [-0.4, -0.2) is 28.5 Å². The van der Waals surface area contributed by atoms with E-state index < -0.39 is 11.4 Å². The normalized spacial score (nSPS) is 11.5. The minimum atomic E-state index is -0.978. The molecule has 1 aromatic carbocycles. The molecule has 1 aromatic heterocycles. The Labute approximate surface area is 110 Å². The molecule has 100 valence electrons. The predicted molar refractivity (Wildman–Crippen MR) is 72.0 cm³/mol. The van der Waals surface area contributed by atoms with Gasteiger partial charge in [-0.1, -0.05) is 0 Å². The molecule has 0 radical (unpaired) electrons. The maximum atomic E-state index is 12.0. The largest absolute Gasteiger partial charge is 0.481 e. The van der Waals surface area contributed by atoms with Crippen LogP contribution in [0.3, 0.4) is 0 Å². The number of carboxylic acid groups (broad SMARTS) is 1. The third kappa shape index (κ3) is 2.76. The van der Waals surface area contributed by atoms with Gasteiger partial charge < -0.3 is 15.4 Å². The molecule has 0 aliphatic carbocycles. The summed E-state index contributed by atoms with van der Waals surface area (Å²) in [5.41, 5.74) is 0.504. The lowest BCUT2D eigenvalue weighted by Crippen LogP contribution is -2.38. The zero-order valence-electron chi connectivity index (χ0n) is 10.9. The van der Waals surface area contributed by atoms with E-state index >= 15 is 0 Å². The first kappa shape index (κ1) is 13.1. The summed E-state index contributed by atoms with van der Waals surface area (Å²) >= 11 is 0. The Morgan fingerprint density at radius 2 is 2.05 bits per heavy atom. The number of fused-ring (bicyclic) bond motifs is 1. The third-order valence-electron chi connectivity index (χ3n) is 3.09. The number of nitrogens with one attached hydrogen (secondary N) is 2. The number of H-pyrrole nitrogens is 1. The Morgan fingerprint density at radius 3 is 2.74 bits per heavy atom. The monoisotopic (exact) mass is 260 g/mol. The summed E-state index contributed by atoms with van der Waals surface area (Å²) in [6.45, 7) is 3.24. The standard InChI is InChI=1S/C14H16N2O3/c1-14(2,13(18)19)8-16-12(17)10-3-4-11-9(7-10)5-6-15-11/h3-7,15H,8H2,1-2H3,(H,16,17)(H,18,19). The lowest BCUT2D eigenvalue weighted by atomic mass is 9.94. The summed E-state index contributed by atoms with van der Waals surface area (Å²) in [6, 6.07) is 7.19. The molecule has 0 aliphatic heterocycles. The fourth-order valence-corrected chi connectivity index (χ4v) is 1.67. The van der Waals surface area contributed by atoms with E-state index in [1.165, 1.54) is 0 Å². The van der Waals surface area contributed by atoms with Gasteiger partial charge in [-0.3, -0.25) is 9.59 Å². The van der Waals surface area contributed by atoms with E-state index in [0.29, 0.717) is 5.56 Å². The number of carbonyl (C=O) groups is 2. The second-order valence-corrected chi connectivity index (χ2v) is 5.15. The van der Waals surface area contributed by atoms with Gasteiger partial charge in [-0.2, -0.15) is 0 Å². The number of carboxylic acids is 1. The maximum Gasteiger partial charge on any atom is 0.310 e. The zero-order chi connectivity index (χ0) is 14.0. The number of benzene rings is 1. The van der Waals surface area contributed by atoms with Crippen LogP contribution in [0.2, 0.25) is 0 Å². The second kappa shape index (κ2) is 4.76. The number of aliphatic carboxylic acids is 1. The highest BCUT2D eigenvalue weighted by atomic mass is 16.4. The van der Waals surface area contributed by atoms with Gasteiger partial charge in [0.2, 0.25) is 0 Å².